The highest BCUT2D eigenvalue weighted by Gasteiger charge is 2.12. The monoisotopic (exact) mass is 249 g/mol. The number of nitrogens with zero attached hydrogens (tertiary/aromatic N) is 1. The largest absolute Gasteiger partial charge is 0.361 e. The number of aryl methyl sites for hydroxylation is 1. The van der Waals surface area contributed by atoms with Crippen LogP contribution in [0.5, 0.6) is 0 Å². The fraction of sp³-hybridized carbons (Fsp3) is 0.0667. The van der Waals surface area contributed by atoms with Crippen LogP contribution in [0.15, 0.2) is 41.3 Å². The molecular formula is C15H11N3O. The van der Waals surface area contributed by atoms with Gasteiger partial charge in [0.2, 0.25) is 0 Å². The first-order chi connectivity index (χ1) is 9.20. The third kappa shape index (κ3) is 1.72. The van der Waals surface area contributed by atoms with Gasteiger partial charge in [-0.25, -0.2) is 0 Å². The van der Waals surface area contributed by atoms with Crippen LogP contribution < -0.4 is 5.56 Å². The molecule has 2 heterocycles. The van der Waals surface area contributed by atoms with Crippen molar-refractivity contribution < 1.29 is 0 Å². The summed E-state index contributed by atoms with van der Waals surface area (Å²) in [5.74, 6) is 0. The lowest BCUT2D eigenvalue weighted by molar-refractivity contribution is 1.13. The number of H-pyrrole nitrogens is 2. The summed E-state index contributed by atoms with van der Waals surface area (Å²) in [6.45, 7) is 1.81. The molecule has 0 bridgehead atoms. The predicted octanol–water partition coefficient (Wildman–Crippen LogP) is 2.70. The molecule has 0 radical (unpaired) electrons. The van der Waals surface area contributed by atoms with Crippen molar-refractivity contribution in [1.29, 1.82) is 5.26 Å². The van der Waals surface area contributed by atoms with E-state index in [0.717, 1.165) is 22.2 Å². The molecule has 3 rings (SSSR count). The van der Waals surface area contributed by atoms with E-state index in [2.05, 4.69) is 9.97 Å². The van der Waals surface area contributed by atoms with Crippen molar-refractivity contribution in [2.75, 3.05) is 0 Å². The number of pyridine rings is 1. The molecule has 92 valence electrons. The normalized spacial score (nSPS) is 10.5. The van der Waals surface area contributed by atoms with Crippen molar-refractivity contribution in [1.82, 2.24) is 9.97 Å². The van der Waals surface area contributed by atoms with E-state index >= 15 is 0 Å². The van der Waals surface area contributed by atoms with Crippen molar-refractivity contribution in [3.05, 3.63) is 58.1 Å². The van der Waals surface area contributed by atoms with Gasteiger partial charge in [0.25, 0.3) is 5.56 Å². The van der Waals surface area contributed by atoms with E-state index in [1.165, 1.54) is 0 Å². The molecule has 2 aromatic heterocycles. The van der Waals surface area contributed by atoms with E-state index in [1.807, 2.05) is 49.5 Å². The number of benzene rings is 1. The molecule has 1 aromatic carbocycles. The van der Waals surface area contributed by atoms with E-state index in [4.69, 9.17) is 0 Å². The summed E-state index contributed by atoms with van der Waals surface area (Å²) in [6.07, 6.45) is 1.85. The van der Waals surface area contributed by atoms with Gasteiger partial charge in [-0.3, -0.25) is 4.79 Å². The molecule has 0 aliphatic heterocycles. The lowest BCUT2D eigenvalue weighted by Gasteiger charge is -2.06. The van der Waals surface area contributed by atoms with Gasteiger partial charge >= 0.3 is 0 Å². The van der Waals surface area contributed by atoms with Crippen LogP contribution in [-0.4, -0.2) is 9.97 Å². The van der Waals surface area contributed by atoms with Gasteiger partial charge in [0.1, 0.15) is 11.6 Å². The molecule has 0 saturated carbocycles. The molecule has 3 aromatic rings. The second kappa shape index (κ2) is 4.14. The number of hydrogen-bond acceptors (Lipinski definition) is 2. The summed E-state index contributed by atoms with van der Waals surface area (Å²) in [7, 11) is 0. The summed E-state index contributed by atoms with van der Waals surface area (Å²) in [6, 6.07) is 11.6. The molecule has 0 fully saturated rings. The topological polar surface area (TPSA) is 72.4 Å². The van der Waals surface area contributed by atoms with E-state index in [9.17, 15) is 10.1 Å². The van der Waals surface area contributed by atoms with E-state index < -0.39 is 0 Å². The maximum absolute atomic E-state index is 11.9. The second-order valence-electron chi connectivity index (χ2n) is 4.43. The van der Waals surface area contributed by atoms with Crippen LogP contribution in [-0.2, 0) is 0 Å². The Morgan fingerprint density at radius 3 is 2.84 bits per heavy atom. The molecule has 4 heteroatoms. The number of hydrogen-bond donors (Lipinski definition) is 2. The Morgan fingerprint density at radius 1 is 1.21 bits per heavy atom. The van der Waals surface area contributed by atoms with Gasteiger partial charge in [0.05, 0.1) is 0 Å². The first-order valence-electron chi connectivity index (χ1n) is 5.91. The third-order valence-electron chi connectivity index (χ3n) is 3.16. The van der Waals surface area contributed by atoms with Crippen LogP contribution in [0.25, 0.3) is 22.0 Å². The first kappa shape index (κ1) is 11.3. The van der Waals surface area contributed by atoms with Crippen LogP contribution >= 0.6 is 0 Å². The highest BCUT2D eigenvalue weighted by atomic mass is 16.1. The highest BCUT2D eigenvalue weighted by molar-refractivity contribution is 5.96. The number of fused-ring (bicyclic) bond motifs is 1. The van der Waals surface area contributed by atoms with Crippen LogP contribution in [0.4, 0.5) is 0 Å². The lowest BCUT2D eigenvalue weighted by Crippen LogP contribution is -2.12. The SMILES string of the molecule is Cc1cc(-c2cccc3[nH]ccc23)c(C#N)c(=O)[nH]1. The summed E-state index contributed by atoms with van der Waals surface area (Å²) >= 11 is 0. The van der Waals surface area contributed by atoms with Crippen molar-refractivity contribution in [3.8, 4) is 17.2 Å². The molecule has 4 nitrogen and oxygen atoms in total. The number of aromatic nitrogens is 2. The zero-order chi connectivity index (χ0) is 13.4. The van der Waals surface area contributed by atoms with Gasteiger partial charge in [-0.05, 0) is 30.7 Å². The first-order valence-corrected chi connectivity index (χ1v) is 5.91. The van der Waals surface area contributed by atoms with Crippen molar-refractivity contribution in [2.24, 2.45) is 0 Å². The number of nitrogens with one attached hydrogen (secondary N) is 2. The number of rotatable bonds is 1. The lowest BCUT2D eigenvalue weighted by atomic mass is 9.98. The minimum Gasteiger partial charge on any atom is -0.361 e. The highest BCUT2D eigenvalue weighted by Crippen LogP contribution is 2.29. The van der Waals surface area contributed by atoms with Gasteiger partial charge < -0.3 is 9.97 Å². The Bertz CT molecular complexity index is 865. The Morgan fingerprint density at radius 2 is 2.05 bits per heavy atom. The Balaban J connectivity index is 2.43. The predicted molar refractivity (Wildman–Crippen MR) is 73.8 cm³/mol. The Hall–Kier alpha value is -2.80. The van der Waals surface area contributed by atoms with Gasteiger partial charge in [-0.1, -0.05) is 12.1 Å². The molecule has 0 amide bonds. The fourth-order valence-electron chi connectivity index (χ4n) is 2.33. The molecule has 0 aliphatic rings. The maximum atomic E-state index is 11.9. The van der Waals surface area contributed by atoms with Crippen molar-refractivity contribution >= 4 is 10.9 Å². The molecule has 19 heavy (non-hydrogen) atoms. The van der Waals surface area contributed by atoms with E-state index in [-0.39, 0.29) is 11.1 Å². The molecule has 0 atom stereocenters. The number of nitriles is 1. The van der Waals surface area contributed by atoms with Gasteiger partial charge in [-0.2, -0.15) is 5.26 Å². The maximum Gasteiger partial charge on any atom is 0.266 e. The molecule has 0 saturated heterocycles. The zero-order valence-corrected chi connectivity index (χ0v) is 10.3. The molecular weight excluding hydrogens is 238 g/mol. The minimum atomic E-state index is -0.343. The molecule has 0 aliphatic carbocycles. The smallest absolute Gasteiger partial charge is 0.266 e. The van der Waals surface area contributed by atoms with Gasteiger partial charge in [0.15, 0.2) is 0 Å². The van der Waals surface area contributed by atoms with Gasteiger partial charge in [-0.15, -0.1) is 0 Å². The average Bonchev–Trinajstić information content (AvgIpc) is 2.85. The van der Waals surface area contributed by atoms with Crippen LogP contribution in [0.3, 0.4) is 0 Å². The molecule has 2 N–H and O–H groups in total. The average molecular weight is 249 g/mol. The third-order valence-corrected chi connectivity index (χ3v) is 3.16. The fourth-order valence-corrected chi connectivity index (χ4v) is 2.33. The van der Waals surface area contributed by atoms with Crippen molar-refractivity contribution in [3.63, 3.8) is 0 Å². The van der Waals surface area contributed by atoms with E-state index in [1.54, 1.807) is 0 Å². The summed E-state index contributed by atoms with van der Waals surface area (Å²) in [5.41, 5.74) is 3.11. The van der Waals surface area contributed by atoms with Crippen LogP contribution in [0, 0.1) is 18.3 Å². The standard InChI is InChI=1S/C15H11N3O/c1-9-7-12(13(8-16)15(19)18-9)10-3-2-4-14-11(10)5-6-17-14/h2-7,17H,1H3,(H,18,19). The van der Waals surface area contributed by atoms with Crippen LogP contribution in [0.1, 0.15) is 11.3 Å². The zero-order valence-electron chi connectivity index (χ0n) is 10.3. The second-order valence-corrected chi connectivity index (χ2v) is 4.43. The van der Waals surface area contributed by atoms with Crippen molar-refractivity contribution in [2.45, 2.75) is 6.92 Å². The molecule has 0 spiro atoms. The summed E-state index contributed by atoms with van der Waals surface area (Å²) < 4.78 is 0. The summed E-state index contributed by atoms with van der Waals surface area (Å²) in [4.78, 5) is 17.6. The quantitative estimate of drug-likeness (QED) is 0.696. The van der Waals surface area contributed by atoms with Gasteiger partial charge in [0, 0.05) is 28.4 Å². The Kier molecular flexibility index (Phi) is 2.46. The number of aromatic amines is 2. The van der Waals surface area contributed by atoms with Crippen LogP contribution in [0.2, 0.25) is 0 Å². The van der Waals surface area contributed by atoms with E-state index in [0.29, 0.717) is 5.56 Å². The molecule has 0 unspecified atom stereocenters. The Labute approximate surface area is 109 Å². The summed E-state index contributed by atoms with van der Waals surface area (Å²) in [5, 5.41) is 10.2. The minimum absolute atomic E-state index is 0.152.